The van der Waals surface area contributed by atoms with E-state index in [1.54, 1.807) is 0 Å². The Bertz CT molecular complexity index is 613. The summed E-state index contributed by atoms with van der Waals surface area (Å²) in [6.45, 7) is 1.92. The molecular weight excluding hydrogens is 268 g/mol. The topological polar surface area (TPSA) is 139 Å². The van der Waals surface area contributed by atoms with Gasteiger partial charge in [-0.05, 0) is 13.0 Å². The maximum absolute atomic E-state index is 10.8. The Morgan fingerprint density at radius 3 is 2.95 bits per heavy atom. The van der Waals surface area contributed by atoms with Crippen molar-refractivity contribution in [3.8, 4) is 0 Å². The van der Waals surface area contributed by atoms with Gasteiger partial charge in [0.25, 0.3) is 0 Å². The summed E-state index contributed by atoms with van der Waals surface area (Å²) in [6, 6.07) is 1.92. The van der Waals surface area contributed by atoms with Gasteiger partial charge in [0.2, 0.25) is 11.9 Å². The molecule has 102 valence electrons. The Kier molecular flexibility index (Phi) is 3.79. The molecule has 0 aliphatic carbocycles. The number of aryl methyl sites for hydroxylation is 1. The maximum Gasteiger partial charge on any atom is 0.248 e. The highest BCUT2D eigenvalue weighted by Crippen LogP contribution is 2.29. The summed E-state index contributed by atoms with van der Waals surface area (Å²) in [5, 5.41) is 13.0. The molecule has 0 spiro atoms. The van der Waals surface area contributed by atoms with E-state index in [9.17, 15) is 9.90 Å². The number of nitrogens with two attached hydrogens (primary N) is 2. The molecular formula is C10H14N6O2S. The monoisotopic (exact) mass is 282 g/mol. The van der Waals surface area contributed by atoms with Gasteiger partial charge in [0.15, 0.2) is 0 Å². The summed E-state index contributed by atoms with van der Waals surface area (Å²) < 4.78 is 0. The van der Waals surface area contributed by atoms with Crippen molar-refractivity contribution in [1.29, 1.82) is 0 Å². The lowest BCUT2D eigenvalue weighted by Crippen LogP contribution is -2.34. The van der Waals surface area contributed by atoms with Crippen LogP contribution in [0.4, 0.5) is 11.8 Å². The van der Waals surface area contributed by atoms with E-state index in [2.05, 4.69) is 20.7 Å². The van der Waals surface area contributed by atoms with Crippen molar-refractivity contribution in [2.45, 2.75) is 13.0 Å². The average molecular weight is 282 g/mol. The molecule has 9 heteroatoms. The normalized spacial score (nSPS) is 12.4. The molecule has 7 N–H and O–H groups in total. The van der Waals surface area contributed by atoms with E-state index in [4.69, 9.17) is 11.6 Å². The number of thiophene rings is 1. The van der Waals surface area contributed by atoms with Crippen LogP contribution in [0, 0.1) is 6.92 Å². The van der Waals surface area contributed by atoms with Crippen LogP contribution in [0.5, 0.6) is 0 Å². The van der Waals surface area contributed by atoms with Crippen LogP contribution in [-0.4, -0.2) is 33.6 Å². The van der Waals surface area contributed by atoms with Crippen molar-refractivity contribution in [3.05, 3.63) is 10.9 Å². The third-order valence-corrected chi connectivity index (χ3v) is 3.38. The van der Waals surface area contributed by atoms with Crippen LogP contribution in [-0.2, 0) is 4.79 Å². The molecule has 8 nitrogen and oxygen atoms in total. The number of carbonyl (C=O) groups is 1. The van der Waals surface area contributed by atoms with E-state index in [1.165, 1.54) is 11.3 Å². The first-order valence-corrected chi connectivity index (χ1v) is 6.29. The highest BCUT2D eigenvalue weighted by Gasteiger charge is 2.14. The fourth-order valence-electron chi connectivity index (χ4n) is 1.54. The number of nitrogen functional groups attached to an aromatic ring is 1. The lowest BCUT2D eigenvalue weighted by Gasteiger charge is -2.10. The van der Waals surface area contributed by atoms with Crippen LogP contribution in [0.1, 0.15) is 4.88 Å². The minimum absolute atomic E-state index is 0.0274. The van der Waals surface area contributed by atoms with Crippen LogP contribution in [0.2, 0.25) is 0 Å². The van der Waals surface area contributed by atoms with Crippen LogP contribution in [0.25, 0.3) is 10.2 Å². The Morgan fingerprint density at radius 1 is 1.58 bits per heavy atom. The zero-order chi connectivity index (χ0) is 14.0. The molecule has 2 rings (SSSR count). The Morgan fingerprint density at radius 2 is 2.32 bits per heavy atom. The molecule has 0 radical (unpaired) electrons. The zero-order valence-corrected chi connectivity index (χ0v) is 11.0. The van der Waals surface area contributed by atoms with Crippen LogP contribution in [0.3, 0.4) is 0 Å². The van der Waals surface area contributed by atoms with Gasteiger partial charge in [0.05, 0.1) is 11.9 Å². The Labute approximate surface area is 112 Å². The molecule has 0 saturated heterocycles. The van der Waals surface area contributed by atoms with Gasteiger partial charge in [-0.2, -0.15) is 4.98 Å². The van der Waals surface area contributed by atoms with Crippen molar-refractivity contribution in [3.63, 3.8) is 0 Å². The number of nitrogens with one attached hydrogen (secondary N) is 2. The maximum atomic E-state index is 10.8. The van der Waals surface area contributed by atoms with Crippen LogP contribution in [0.15, 0.2) is 6.07 Å². The number of anilines is 2. The molecule has 0 aliphatic rings. The van der Waals surface area contributed by atoms with E-state index < -0.39 is 12.0 Å². The van der Waals surface area contributed by atoms with Gasteiger partial charge in [0.1, 0.15) is 16.8 Å². The zero-order valence-electron chi connectivity index (χ0n) is 10.2. The van der Waals surface area contributed by atoms with Gasteiger partial charge >= 0.3 is 0 Å². The largest absolute Gasteiger partial charge is 0.381 e. The molecule has 1 atom stereocenters. The Balaban J connectivity index is 2.32. The summed E-state index contributed by atoms with van der Waals surface area (Å²) in [5.74, 6) is 5.25. The van der Waals surface area contributed by atoms with Crippen molar-refractivity contribution < 1.29 is 9.90 Å². The molecule has 2 aromatic heterocycles. The molecule has 2 heterocycles. The SMILES string of the molecule is Cc1cc2c(NCC(O)C(N)=O)nc(NN)nc2s1. The predicted molar refractivity (Wildman–Crippen MR) is 73.7 cm³/mol. The van der Waals surface area contributed by atoms with Crippen molar-refractivity contribution in [2.24, 2.45) is 11.6 Å². The Hall–Kier alpha value is -1.97. The smallest absolute Gasteiger partial charge is 0.248 e. The third kappa shape index (κ3) is 2.89. The van der Waals surface area contributed by atoms with E-state index in [1.807, 2.05) is 13.0 Å². The van der Waals surface area contributed by atoms with Gasteiger partial charge in [-0.25, -0.2) is 10.8 Å². The summed E-state index contributed by atoms with van der Waals surface area (Å²) in [4.78, 5) is 21.0. The standard InChI is InChI=1S/C10H14N6O2S/c1-4-2-5-8(13-3-6(17)7(11)18)14-10(16-12)15-9(5)19-4/h2,6,17H,3,12H2,1H3,(H2,11,18)(H2,13,14,15,16). The van der Waals surface area contributed by atoms with Gasteiger partial charge in [0, 0.05) is 4.88 Å². The molecule has 2 aromatic rings. The lowest BCUT2D eigenvalue weighted by atomic mass is 10.3. The number of aliphatic hydroxyl groups excluding tert-OH is 1. The fourth-order valence-corrected chi connectivity index (χ4v) is 2.41. The number of rotatable bonds is 5. The first-order valence-electron chi connectivity index (χ1n) is 5.47. The summed E-state index contributed by atoms with van der Waals surface area (Å²) in [6.07, 6.45) is -1.28. The second kappa shape index (κ2) is 5.34. The average Bonchev–Trinajstić information content (AvgIpc) is 2.75. The molecule has 19 heavy (non-hydrogen) atoms. The number of hydrogen-bond acceptors (Lipinski definition) is 8. The van der Waals surface area contributed by atoms with Gasteiger partial charge < -0.3 is 16.2 Å². The van der Waals surface area contributed by atoms with Gasteiger partial charge in [-0.3, -0.25) is 10.2 Å². The molecule has 0 aromatic carbocycles. The summed E-state index contributed by atoms with van der Waals surface area (Å²) in [5.41, 5.74) is 7.35. The van der Waals surface area contributed by atoms with E-state index in [-0.39, 0.29) is 12.5 Å². The lowest BCUT2D eigenvalue weighted by molar-refractivity contribution is -0.125. The number of nitrogens with zero attached hydrogens (tertiary/aromatic N) is 2. The second-order valence-electron chi connectivity index (χ2n) is 3.92. The van der Waals surface area contributed by atoms with Gasteiger partial charge in [-0.1, -0.05) is 0 Å². The number of carbonyl (C=O) groups excluding carboxylic acids is 1. The highest BCUT2D eigenvalue weighted by atomic mass is 32.1. The number of aliphatic hydroxyl groups is 1. The number of aromatic nitrogens is 2. The molecule has 1 amide bonds. The molecule has 1 unspecified atom stereocenters. The summed E-state index contributed by atoms with van der Waals surface area (Å²) in [7, 11) is 0. The number of primary amides is 1. The van der Waals surface area contributed by atoms with Crippen molar-refractivity contribution in [1.82, 2.24) is 9.97 Å². The number of fused-ring (bicyclic) bond motifs is 1. The highest BCUT2D eigenvalue weighted by molar-refractivity contribution is 7.18. The summed E-state index contributed by atoms with van der Waals surface area (Å²) >= 11 is 1.50. The number of hydrogen-bond donors (Lipinski definition) is 5. The molecule has 0 saturated carbocycles. The molecule has 0 fully saturated rings. The van der Waals surface area contributed by atoms with Crippen LogP contribution < -0.4 is 22.3 Å². The van der Waals surface area contributed by atoms with E-state index >= 15 is 0 Å². The first kappa shape index (κ1) is 13.5. The molecule has 0 aliphatic heterocycles. The molecule has 0 bridgehead atoms. The number of hydrazine groups is 1. The van der Waals surface area contributed by atoms with E-state index in [0.29, 0.717) is 5.82 Å². The number of amides is 1. The quantitative estimate of drug-likeness (QED) is 0.369. The second-order valence-corrected chi connectivity index (χ2v) is 5.15. The first-order chi connectivity index (χ1) is 9.01. The minimum atomic E-state index is -1.28. The third-order valence-electron chi connectivity index (χ3n) is 2.44. The fraction of sp³-hybridized carbons (Fsp3) is 0.300. The predicted octanol–water partition coefficient (Wildman–Crippen LogP) is -0.457. The van der Waals surface area contributed by atoms with Crippen LogP contribution >= 0.6 is 11.3 Å². The van der Waals surface area contributed by atoms with Crippen molar-refractivity contribution >= 4 is 39.2 Å². The van der Waals surface area contributed by atoms with E-state index in [0.717, 1.165) is 15.1 Å². The van der Waals surface area contributed by atoms with Gasteiger partial charge in [-0.15, -0.1) is 11.3 Å². The van der Waals surface area contributed by atoms with Crippen molar-refractivity contribution in [2.75, 3.05) is 17.3 Å². The minimum Gasteiger partial charge on any atom is -0.381 e.